The molecule has 0 unspecified atom stereocenters. The van der Waals surface area contributed by atoms with E-state index in [9.17, 15) is 5.26 Å². The molecule has 0 aliphatic rings. The zero-order valence-corrected chi connectivity index (χ0v) is 16.9. The third-order valence-corrected chi connectivity index (χ3v) is 5.45. The monoisotopic (exact) mass is 419 g/mol. The lowest BCUT2D eigenvalue weighted by Crippen LogP contribution is -2.00. The van der Waals surface area contributed by atoms with Gasteiger partial charge in [0.2, 0.25) is 5.16 Å². The highest BCUT2D eigenvalue weighted by Crippen LogP contribution is 2.35. The second kappa shape index (κ2) is 8.35. The van der Waals surface area contributed by atoms with Gasteiger partial charge in [-0.25, -0.2) is 4.98 Å². The van der Waals surface area contributed by atoms with E-state index >= 15 is 0 Å². The Morgan fingerprint density at radius 1 is 1.03 bits per heavy atom. The van der Waals surface area contributed by atoms with Crippen molar-refractivity contribution in [3.8, 4) is 28.9 Å². The molecule has 0 aliphatic carbocycles. The zero-order valence-electron chi connectivity index (χ0n) is 15.3. The van der Waals surface area contributed by atoms with Crippen molar-refractivity contribution in [1.29, 1.82) is 5.26 Å². The first-order valence-electron chi connectivity index (χ1n) is 8.59. The van der Waals surface area contributed by atoms with E-state index in [4.69, 9.17) is 16.3 Å². The SMILES string of the molecule is COc1ccc(-n2c(Sc3ncccc3C#N)nnc2-c2ccccc2Cl)cc1. The van der Waals surface area contributed by atoms with Crippen LogP contribution in [0.4, 0.5) is 0 Å². The van der Waals surface area contributed by atoms with Gasteiger partial charge in [0.05, 0.1) is 23.4 Å². The molecule has 0 atom stereocenters. The van der Waals surface area contributed by atoms with Crippen molar-refractivity contribution in [3.63, 3.8) is 0 Å². The smallest absolute Gasteiger partial charge is 0.202 e. The molecule has 0 saturated heterocycles. The maximum atomic E-state index is 9.38. The number of hydrogen-bond acceptors (Lipinski definition) is 6. The molecule has 6 nitrogen and oxygen atoms in total. The summed E-state index contributed by atoms with van der Waals surface area (Å²) >= 11 is 7.69. The van der Waals surface area contributed by atoms with Crippen LogP contribution in [0.25, 0.3) is 17.1 Å². The van der Waals surface area contributed by atoms with E-state index in [2.05, 4.69) is 21.3 Å². The van der Waals surface area contributed by atoms with Crippen LogP contribution in [0.2, 0.25) is 5.02 Å². The average Bonchev–Trinajstić information content (AvgIpc) is 3.17. The second-order valence-corrected chi connectivity index (χ2v) is 7.25. The van der Waals surface area contributed by atoms with Crippen LogP contribution in [0.5, 0.6) is 5.75 Å². The Balaban J connectivity index is 1.87. The number of methoxy groups -OCH3 is 1. The molecule has 29 heavy (non-hydrogen) atoms. The molecule has 0 saturated carbocycles. The van der Waals surface area contributed by atoms with Gasteiger partial charge < -0.3 is 4.74 Å². The second-order valence-electron chi connectivity index (χ2n) is 5.89. The molecule has 0 N–H and O–H groups in total. The predicted octanol–water partition coefficient (Wildman–Crippen LogP) is 5.01. The van der Waals surface area contributed by atoms with Crippen molar-refractivity contribution in [2.45, 2.75) is 10.2 Å². The first-order chi connectivity index (χ1) is 14.2. The van der Waals surface area contributed by atoms with Crippen LogP contribution in [-0.2, 0) is 0 Å². The quantitative estimate of drug-likeness (QED) is 0.452. The topological polar surface area (TPSA) is 76.6 Å². The number of nitrogens with zero attached hydrogens (tertiary/aromatic N) is 5. The Morgan fingerprint density at radius 2 is 1.83 bits per heavy atom. The summed E-state index contributed by atoms with van der Waals surface area (Å²) in [5.41, 5.74) is 2.06. The van der Waals surface area contributed by atoms with Crippen molar-refractivity contribution < 1.29 is 4.74 Å². The maximum Gasteiger partial charge on any atom is 0.202 e. The van der Waals surface area contributed by atoms with Crippen LogP contribution in [-0.4, -0.2) is 26.9 Å². The van der Waals surface area contributed by atoms with Gasteiger partial charge in [0.25, 0.3) is 0 Å². The van der Waals surface area contributed by atoms with Crippen LogP contribution in [0.1, 0.15) is 5.56 Å². The molecule has 2 aromatic carbocycles. The van der Waals surface area contributed by atoms with Gasteiger partial charge in [0, 0.05) is 11.8 Å². The Morgan fingerprint density at radius 3 is 2.55 bits per heavy atom. The number of ether oxygens (including phenoxy) is 1. The summed E-state index contributed by atoms with van der Waals surface area (Å²) < 4.78 is 7.15. The minimum atomic E-state index is 0.473. The van der Waals surface area contributed by atoms with E-state index in [0.717, 1.165) is 17.0 Å². The predicted molar refractivity (Wildman–Crippen MR) is 111 cm³/mol. The summed E-state index contributed by atoms with van der Waals surface area (Å²) in [6.45, 7) is 0. The molecule has 0 amide bonds. The largest absolute Gasteiger partial charge is 0.497 e. The Hall–Kier alpha value is -3.34. The van der Waals surface area contributed by atoms with Gasteiger partial charge in [-0.2, -0.15) is 5.26 Å². The minimum absolute atomic E-state index is 0.473. The van der Waals surface area contributed by atoms with E-state index in [0.29, 0.717) is 26.6 Å². The van der Waals surface area contributed by atoms with Crippen LogP contribution in [0, 0.1) is 11.3 Å². The molecule has 0 bridgehead atoms. The molecule has 0 spiro atoms. The molecule has 0 fully saturated rings. The van der Waals surface area contributed by atoms with Gasteiger partial charge in [-0.3, -0.25) is 4.57 Å². The van der Waals surface area contributed by atoms with Crippen LogP contribution >= 0.6 is 23.4 Å². The molecule has 0 radical (unpaired) electrons. The van der Waals surface area contributed by atoms with Gasteiger partial charge in [0.1, 0.15) is 16.8 Å². The van der Waals surface area contributed by atoms with Gasteiger partial charge >= 0.3 is 0 Å². The highest BCUT2D eigenvalue weighted by atomic mass is 35.5. The van der Waals surface area contributed by atoms with Crippen molar-refractivity contribution in [3.05, 3.63) is 77.4 Å². The summed E-state index contributed by atoms with van der Waals surface area (Å²) in [4.78, 5) is 4.32. The number of aromatic nitrogens is 4. The third-order valence-electron chi connectivity index (χ3n) is 4.16. The van der Waals surface area contributed by atoms with E-state index in [1.165, 1.54) is 11.8 Å². The number of rotatable bonds is 5. The van der Waals surface area contributed by atoms with Crippen LogP contribution < -0.4 is 4.74 Å². The molecule has 4 aromatic rings. The van der Waals surface area contributed by atoms with Gasteiger partial charge in [-0.15, -0.1) is 10.2 Å². The third kappa shape index (κ3) is 3.81. The molecule has 4 rings (SSSR count). The number of benzene rings is 2. The Labute approximate surface area is 176 Å². The van der Waals surface area contributed by atoms with Crippen LogP contribution in [0.15, 0.2) is 77.0 Å². The van der Waals surface area contributed by atoms with Crippen molar-refractivity contribution >= 4 is 23.4 Å². The maximum absolute atomic E-state index is 9.38. The van der Waals surface area contributed by atoms with E-state index in [-0.39, 0.29) is 0 Å². The minimum Gasteiger partial charge on any atom is -0.497 e. The van der Waals surface area contributed by atoms with Crippen LogP contribution in [0.3, 0.4) is 0 Å². The highest BCUT2D eigenvalue weighted by molar-refractivity contribution is 7.99. The lowest BCUT2D eigenvalue weighted by molar-refractivity contribution is 0.414. The zero-order chi connectivity index (χ0) is 20.2. The number of halogens is 1. The van der Waals surface area contributed by atoms with Gasteiger partial charge in [0.15, 0.2) is 5.82 Å². The summed E-state index contributed by atoms with van der Waals surface area (Å²) in [7, 11) is 1.62. The first kappa shape index (κ1) is 19.0. The molecule has 142 valence electrons. The normalized spacial score (nSPS) is 10.5. The summed E-state index contributed by atoms with van der Waals surface area (Å²) in [6, 6.07) is 20.6. The lowest BCUT2D eigenvalue weighted by Gasteiger charge is -2.12. The van der Waals surface area contributed by atoms with Crippen molar-refractivity contribution in [2.24, 2.45) is 0 Å². The molecule has 2 heterocycles. The van der Waals surface area contributed by atoms with E-state index in [1.807, 2.05) is 53.1 Å². The van der Waals surface area contributed by atoms with Crippen molar-refractivity contribution in [1.82, 2.24) is 19.7 Å². The fourth-order valence-electron chi connectivity index (χ4n) is 2.76. The molecule has 0 aliphatic heterocycles. The average molecular weight is 420 g/mol. The van der Waals surface area contributed by atoms with Gasteiger partial charge in [-0.05, 0) is 60.3 Å². The van der Waals surface area contributed by atoms with E-state index in [1.54, 1.807) is 25.4 Å². The number of nitriles is 1. The fraction of sp³-hybridized carbons (Fsp3) is 0.0476. The fourth-order valence-corrected chi connectivity index (χ4v) is 3.86. The molecular weight excluding hydrogens is 406 g/mol. The summed E-state index contributed by atoms with van der Waals surface area (Å²) in [6.07, 6.45) is 1.65. The summed E-state index contributed by atoms with van der Waals surface area (Å²) in [5, 5.41) is 19.8. The summed E-state index contributed by atoms with van der Waals surface area (Å²) in [5.74, 6) is 1.34. The molecule has 8 heteroatoms. The molecular formula is C21H14ClN5OS. The number of hydrogen-bond donors (Lipinski definition) is 0. The Kier molecular flexibility index (Phi) is 5.47. The van der Waals surface area contributed by atoms with E-state index < -0.39 is 0 Å². The number of pyridine rings is 1. The lowest BCUT2D eigenvalue weighted by atomic mass is 10.2. The molecule has 2 aromatic heterocycles. The highest BCUT2D eigenvalue weighted by Gasteiger charge is 2.20. The standard InChI is InChI=1S/C21H14ClN5OS/c1-28-16-10-8-15(9-11-16)27-19(17-6-2-3-7-18(17)22)25-26-21(27)29-20-14(13-23)5-4-12-24-20/h2-12H,1H3. The Bertz CT molecular complexity index is 1200. The first-order valence-corrected chi connectivity index (χ1v) is 9.78. The van der Waals surface area contributed by atoms with Gasteiger partial charge in [-0.1, -0.05) is 23.7 Å². The van der Waals surface area contributed by atoms with Crippen molar-refractivity contribution in [2.75, 3.05) is 7.11 Å².